The largest absolute Gasteiger partial charge is 0.480 e. The molecule has 0 radical (unpaired) electrons. The number of nitrogens with two attached hydrogens (primary N) is 1. The molecule has 0 aliphatic heterocycles. The van der Waals surface area contributed by atoms with Crippen molar-refractivity contribution in [2.45, 2.75) is 17.3 Å². The lowest BCUT2D eigenvalue weighted by molar-refractivity contribution is -0.138. The van der Waals surface area contributed by atoms with Crippen molar-refractivity contribution in [3.8, 4) is 0 Å². The number of rotatable bonds is 4. The molecule has 0 aromatic heterocycles. The molecule has 82 valence electrons. The molecule has 0 bridgehead atoms. The van der Waals surface area contributed by atoms with E-state index in [1.807, 2.05) is 0 Å². The van der Waals surface area contributed by atoms with E-state index in [1.165, 1.54) is 0 Å². The average molecular weight is 248 g/mol. The molecule has 1 aromatic rings. The molecule has 3 N–H and O–H groups in total. The standard InChI is InChI=1S/C10H11Cl2NO2/c11-9(12)7-3-1-6(2-4-7)5-8(13)10(14)15/h1-4,8-9H,5,13H2,(H,14,15). The number of carboxylic acid groups (broad SMARTS) is 1. The zero-order valence-corrected chi connectivity index (χ0v) is 9.37. The van der Waals surface area contributed by atoms with Crippen LogP contribution in [0.3, 0.4) is 0 Å². The zero-order valence-electron chi connectivity index (χ0n) is 7.86. The molecule has 0 spiro atoms. The van der Waals surface area contributed by atoms with Crippen LogP contribution in [0.15, 0.2) is 24.3 Å². The summed E-state index contributed by atoms with van der Waals surface area (Å²) >= 11 is 11.3. The molecular formula is C10H11Cl2NO2. The van der Waals surface area contributed by atoms with Gasteiger partial charge in [-0.15, -0.1) is 23.2 Å². The second kappa shape index (κ2) is 5.35. The SMILES string of the molecule is NC(Cc1ccc(C(Cl)Cl)cc1)C(=O)O. The van der Waals surface area contributed by atoms with Gasteiger partial charge >= 0.3 is 5.97 Å². The summed E-state index contributed by atoms with van der Waals surface area (Å²) < 4.78 is 0. The number of hydrogen-bond acceptors (Lipinski definition) is 2. The average Bonchev–Trinajstić information content (AvgIpc) is 2.18. The minimum atomic E-state index is -1.01. The van der Waals surface area contributed by atoms with Crippen molar-refractivity contribution in [1.29, 1.82) is 0 Å². The van der Waals surface area contributed by atoms with Gasteiger partial charge in [0.25, 0.3) is 0 Å². The van der Waals surface area contributed by atoms with Gasteiger partial charge in [-0.25, -0.2) is 0 Å². The summed E-state index contributed by atoms with van der Waals surface area (Å²) in [5, 5.41) is 8.62. The van der Waals surface area contributed by atoms with Crippen molar-refractivity contribution in [3.05, 3.63) is 35.4 Å². The van der Waals surface area contributed by atoms with Crippen molar-refractivity contribution < 1.29 is 9.90 Å². The van der Waals surface area contributed by atoms with E-state index in [9.17, 15) is 4.79 Å². The molecule has 0 heterocycles. The number of hydrogen-bond donors (Lipinski definition) is 2. The van der Waals surface area contributed by atoms with E-state index in [-0.39, 0.29) is 0 Å². The maximum atomic E-state index is 10.5. The van der Waals surface area contributed by atoms with Crippen molar-refractivity contribution in [1.82, 2.24) is 0 Å². The Balaban J connectivity index is 2.68. The second-order valence-corrected chi connectivity index (χ2v) is 4.29. The third kappa shape index (κ3) is 3.70. The Bertz CT molecular complexity index is 338. The molecule has 1 unspecified atom stereocenters. The van der Waals surface area contributed by atoms with E-state index >= 15 is 0 Å². The van der Waals surface area contributed by atoms with Gasteiger partial charge in [0.15, 0.2) is 0 Å². The van der Waals surface area contributed by atoms with Crippen LogP contribution in [0, 0.1) is 0 Å². The van der Waals surface area contributed by atoms with Gasteiger partial charge in [-0.2, -0.15) is 0 Å². The number of carboxylic acids is 1. The number of aliphatic carboxylic acids is 1. The molecule has 0 saturated heterocycles. The minimum Gasteiger partial charge on any atom is -0.480 e. The van der Waals surface area contributed by atoms with Crippen LogP contribution in [0.1, 0.15) is 16.0 Å². The zero-order chi connectivity index (χ0) is 11.4. The van der Waals surface area contributed by atoms with Gasteiger partial charge in [0.1, 0.15) is 10.9 Å². The topological polar surface area (TPSA) is 63.3 Å². The monoisotopic (exact) mass is 247 g/mol. The third-order valence-electron chi connectivity index (χ3n) is 2.00. The van der Waals surface area contributed by atoms with Gasteiger partial charge < -0.3 is 10.8 Å². The van der Waals surface area contributed by atoms with E-state index in [2.05, 4.69) is 0 Å². The van der Waals surface area contributed by atoms with Crippen LogP contribution in [0.25, 0.3) is 0 Å². The normalized spacial score (nSPS) is 12.8. The van der Waals surface area contributed by atoms with Crippen molar-refractivity contribution in [2.24, 2.45) is 5.73 Å². The molecular weight excluding hydrogens is 237 g/mol. The van der Waals surface area contributed by atoms with Gasteiger partial charge in [0, 0.05) is 0 Å². The van der Waals surface area contributed by atoms with Gasteiger partial charge in [0.2, 0.25) is 0 Å². The van der Waals surface area contributed by atoms with Crippen LogP contribution in [0.2, 0.25) is 0 Å². The number of alkyl halides is 2. The molecule has 0 aliphatic carbocycles. The van der Waals surface area contributed by atoms with E-state index in [4.69, 9.17) is 34.0 Å². The quantitative estimate of drug-likeness (QED) is 0.802. The van der Waals surface area contributed by atoms with Gasteiger partial charge in [-0.1, -0.05) is 24.3 Å². The van der Waals surface area contributed by atoms with Crippen LogP contribution < -0.4 is 5.73 Å². The van der Waals surface area contributed by atoms with E-state index in [0.29, 0.717) is 6.42 Å². The van der Waals surface area contributed by atoms with Crippen LogP contribution in [0.5, 0.6) is 0 Å². The highest BCUT2D eigenvalue weighted by Crippen LogP contribution is 2.24. The number of carbonyl (C=O) groups is 1. The lowest BCUT2D eigenvalue weighted by Crippen LogP contribution is -2.32. The molecule has 0 saturated carbocycles. The lowest BCUT2D eigenvalue weighted by Gasteiger charge is -2.07. The Morgan fingerprint density at radius 2 is 1.87 bits per heavy atom. The fraction of sp³-hybridized carbons (Fsp3) is 0.300. The Morgan fingerprint density at radius 3 is 2.27 bits per heavy atom. The van der Waals surface area contributed by atoms with Gasteiger partial charge in [-0.05, 0) is 17.5 Å². The van der Waals surface area contributed by atoms with Gasteiger partial charge in [-0.3, -0.25) is 4.79 Å². The predicted octanol–water partition coefficient (Wildman–Crippen LogP) is 2.12. The van der Waals surface area contributed by atoms with Crippen LogP contribution >= 0.6 is 23.2 Å². The first kappa shape index (κ1) is 12.3. The fourth-order valence-corrected chi connectivity index (χ4v) is 1.43. The van der Waals surface area contributed by atoms with E-state index < -0.39 is 16.8 Å². The maximum absolute atomic E-state index is 10.5. The summed E-state index contributed by atoms with van der Waals surface area (Å²) in [5.41, 5.74) is 7.03. The molecule has 15 heavy (non-hydrogen) atoms. The highest BCUT2D eigenvalue weighted by atomic mass is 35.5. The molecule has 0 fully saturated rings. The third-order valence-corrected chi connectivity index (χ3v) is 2.51. The molecule has 0 aliphatic rings. The summed E-state index contributed by atoms with van der Waals surface area (Å²) in [6, 6.07) is 6.19. The highest BCUT2D eigenvalue weighted by Gasteiger charge is 2.12. The smallest absolute Gasteiger partial charge is 0.320 e. The molecule has 0 amide bonds. The number of benzene rings is 1. The Hall–Kier alpha value is -0.770. The lowest BCUT2D eigenvalue weighted by atomic mass is 10.1. The first-order chi connectivity index (χ1) is 7.00. The minimum absolute atomic E-state index is 0.296. The summed E-state index contributed by atoms with van der Waals surface area (Å²) in [7, 11) is 0. The Morgan fingerprint density at radius 1 is 1.33 bits per heavy atom. The second-order valence-electron chi connectivity index (χ2n) is 3.19. The molecule has 5 heteroatoms. The van der Waals surface area contributed by atoms with Crippen molar-refractivity contribution >= 4 is 29.2 Å². The summed E-state index contributed by atoms with van der Waals surface area (Å²) in [5.74, 6) is -1.01. The predicted molar refractivity (Wildman–Crippen MR) is 60.2 cm³/mol. The molecule has 1 aromatic carbocycles. The Labute approximate surface area is 97.8 Å². The molecule has 3 nitrogen and oxygen atoms in total. The van der Waals surface area contributed by atoms with Gasteiger partial charge in [0.05, 0.1) is 0 Å². The van der Waals surface area contributed by atoms with Crippen molar-refractivity contribution in [2.75, 3.05) is 0 Å². The maximum Gasteiger partial charge on any atom is 0.320 e. The van der Waals surface area contributed by atoms with Crippen LogP contribution in [-0.2, 0) is 11.2 Å². The summed E-state index contributed by atoms with van der Waals surface area (Å²) in [6.45, 7) is 0. The first-order valence-electron chi connectivity index (χ1n) is 4.36. The Kier molecular flexibility index (Phi) is 4.39. The molecule has 1 atom stereocenters. The van der Waals surface area contributed by atoms with Crippen LogP contribution in [0.4, 0.5) is 0 Å². The van der Waals surface area contributed by atoms with E-state index in [0.717, 1.165) is 11.1 Å². The fourth-order valence-electron chi connectivity index (χ4n) is 1.14. The van der Waals surface area contributed by atoms with Crippen LogP contribution in [-0.4, -0.2) is 17.1 Å². The highest BCUT2D eigenvalue weighted by molar-refractivity contribution is 6.44. The van der Waals surface area contributed by atoms with Crippen molar-refractivity contribution in [3.63, 3.8) is 0 Å². The summed E-state index contributed by atoms with van der Waals surface area (Å²) in [6.07, 6.45) is 0.296. The van der Waals surface area contributed by atoms with E-state index in [1.54, 1.807) is 24.3 Å². The number of halogens is 2. The first-order valence-corrected chi connectivity index (χ1v) is 5.23. The summed E-state index contributed by atoms with van der Waals surface area (Å²) in [4.78, 5) is 9.95. The molecule has 1 rings (SSSR count).